The molecule has 0 aromatic heterocycles. The molecule has 6 nitrogen and oxygen atoms in total. The van der Waals surface area contributed by atoms with E-state index in [0.717, 1.165) is 0 Å². The van der Waals surface area contributed by atoms with E-state index in [1.54, 1.807) is 19.9 Å². The smallest absolute Gasteiger partial charge is 0.262 e. The summed E-state index contributed by atoms with van der Waals surface area (Å²) in [6.45, 7) is 12.5. The normalized spacial score (nSPS) is 34.5. The Morgan fingerprint density at radius 1 is 1.57 bits per heavy atom. The Bertz CT molecular complexity index is 512. The number of likely N-dealkylation sites (tertiary alicyclic amines) is 1. The van der Waals surface area contributed by atoms with Crippen molar-refractivity contribution in [3.05, 3.63) is 24.8 Å². The zero-order chi connectivity index (χ0) is 16.0. The van der Waals surface area contributed by atoms with Crippen LogP contribution in [0.5, 0.6) is 0 Å². The van der Waals surface area contributed by atoms with Crippen LogP contribution in [-0.2, 0) is 19.1 Å². The standard InChI is InChI=1S/C15H21NO5/c1-6-7-16-12(11-8-20-14(4,5)21-11)15(19,13(16)18)9(2)10(3)17/h6,11-12,19H,1-2,7-8H2,3-5H3/t11-,12+,15-/m1/s1. The first-order valence-electron chi connectivity index (χ1n) is 6.81. The van der Waals surface area contributed by atoms with Crippen molar-refractivity contribution in [1.82, 2.24) is 4.90 Å². The maximum atomic E-state index is 12.3. The first-order valence-corrected chi connectivity index (χ1v) is 6.81. The Balaban J connectivity index is 2.32. The van der Waals surface area contributed by atoms with Crippen molar-refractivity contribution in [2.45, 2.75) is 44.3 Å². The van der Waals surface area contributed by atoms with Crippen LogP contribution in [0.25, 0.3) is 0 Å². The summed E-state index contributed by atoms with van der Waals surface area (Å²) < 4.78 is 11.2. The van der Waals surface area contributed by atoms with E-state index in [0.29, 0.717) is 0 Å². The number of carbonyl (C=O) groups is 2. The molecule has 0 aliphatic carbocycles. The van der Waals surface area contributed by atoms with Gasteiger partial charge in [-0.3, -0.25) is 9.59 Å². The van der Waals surface area contributed by atoms with Gasteiger partial charge in [0.1, 0.15) is 12.1 Å². The van der Waals surface area contributed by atoms with Crippen molar-refractivity contribution in [3.8, 4) is 0 Å². The molecule has 0 saturated carbocycles. The minimum absolute atomic E-state index is 0.119. The number of aliphatic hydroxyl groups is 1. The molecule has 0 aromatic carbocycles. The molecule has 2 heterocycles. The minimum Gasteiger partial charge on any atom is -0.374 e. The third kappa shape index (κ3) is 2.33. The van der Waals surface area contributed by atoms with Crippen LogP contribution in [0.4, 0.5) is 0 Å². The lowest BCUT2D eigenvalue weighted by molar-refractivity contribution is -0.205. The second-order valence-electron chi connectivity index (χ2n) is 5.86. The number of hydrogen-bond donors (Lipinski definition) is 1. The summed E-state index contributed by atoms with van der Waals surface area (Å²) in [7, 11) is 0. The first kappa shape index (κ1) is 15.9. The van der Waals surface area contributed by atoms with Crippen LogP contribution in [0.3, 0.4) is 0 Å². The fraction of sp³-hybridized carbons (Fsp3) is 0.600. The van der Waals surface area contributed by atoms with Crippen molar-refractivity contribution in [3.63, 3.8) is 0 Å². The molecule has 0 spiro atoms. The van der Waals surface area contributed by atoms with Crippen molar-refractivity contribution in [1.29, 1.82) is 0 Å². The molecule has 21 heavy (non-hydrogen) atoms. The summed E-state index contributed by atoms with van der Waals surface area (Å²) in [5.74, 6) is -1.77. The molecule has 1 amide bonds. The molecule has 1 N–H and O–H groups in total. The van der Waals surface area contributed by atoms with E-state index in [4.69, 9.17) is 9.47 Å². The average molecular weight is 295 g/mol. The highest BCUT2D eigenvalue weighted by atomic mass is 16.7. The Morgan fingerprint density at radius 3 is 2.62 bits per heavy atom. The van der Waals surface area contributed by atoms with E-state index < -0.39 is 35.2 Å². The van der Waals surface area contributed by atoms with E-state index in [2.05, 4.69) is 13.2 Å². The van der Waals surface area contributed by atoms with E-state index in [1.807, 2.05) is 0 Å². The van der Waals surface area contributed by atoms with Gasteiger partial charge in [0, 0.05) is 12.1 Å². The van der Waals surface area contributed by atoms with Gasteiger partial charge < -0.3 is 19.5 Å². The van der Waals surface area contributed by atoms with Gasteiger partial charge in [-0.2, -0.15) is 0 Å². The minimum atomic E-state index is -1.93. The number of ether oxygens (including phenoxy) is 2. The summed E-state index contributed by atoms with van der Waals surface area (Å²) >= 11 is 0. The third-order valence-corrected chi connectivity index (χ3v) is 3.94. The lowest BCUT2D eigenvalue weighted by Gasteiger charge is -2.54. The van der Waals surface area contributed by atoms with Gasteiger partial charge in [-0.05, 0) is 20.8 Å². The molecule has 0 unspecified atom stereocenters. The van der Waals surface area contributed by atoms with Crippen LogP contribution < -0.4 is 0 Å². The fourth-order valence-electron chi connectivity index (χ4n) is 2.88. The number of carbonyl (C=O) groups excluding carboxylic acids is 2. The van der Waals surface area contributed by atoms with Gasteiger partial charge in [0.05, 0.1) is 6.61 Å². The number of Topliss-reactive ketones (excluding diaryl/α,β-unsaturated/α-hetero) is 1. The lowest BCUT2D eigenvalue weighted by atomic mass is 9.73. The summed E-state index contributed by atoms with van der Waals surface area (Å²) in [4.78, 5) is 25.3. The predicted octanol–water partition coefficient (Wildman–Crippen LogP) is 0.411. The summed E-state index contributed by atoms with van der Waals surface area (Å²) in [6, 6.07) is -0.707. The van der Waals surface area contributed by atoms with Crippen LogP contribution in [-0.4, -0.2) is 58.4 Å². The predicted molar refractivity (Wildman–Crippen MR) is 75.4 cm³/mol. The SMILES string of the molecule is C=CCN1C(=O)[C@@](O)(C(=C)C(C)=O)[C@@H]1[C@H]1COC(C)(C)O1. The van der Waals surface area contributed by atoms with Crippen LogP contribution in [0, 0.1) is 0 Å². The quantitative estimate of drug-likeness (QED) is 0.452. The van der Waals surface area contributed by atoms with E-state index in [9.17, 15) is 14.7 Å². The molecule has 6 heteroatoms. The van der Waals surface area contributed by atoms with Crippen LogP contribution in [0.1, 0.15) is 20.8 Å². The van der Waals surface area contributed by atoms with Gasteiger partial charge in [0.25, 0.3) is 5.91 Å². The van der Waals surface area contributed by atoms with E-state index >= 15 is 0 Å². The van der Waals surface area contributed by atoms with E-state index in [-0.39, 0.29) is 18.7 Å². The number of rotatable bonds is 5. The second kappa shape index (κ2) is 5.05. The number of nitrogens with zero attached hydrogens (tertiary/aromatic N) is 1. The maximum Gasteiger partial charge on any atom is 0.262 e. The number of β-lactam (4-membered cyclic amide) rings is 1. The molecule has 0 aromatic rings. The van der Waals surface area contributed by atoms with Gasteiger partial charge >= 0.3 is 0 Å². The van der Waals surface area contributed by atoms with Crippen LogP contribution in [0.15, 0.2) is 24.8 Å². The number of ketones is 1. The number of hydrogen-bond acceptors (Lipinski definition) is 5. The molecule has 0 radical (unpaired) electrons. The van der Waals surface area contributed by atoms with Crippen molar-refractivity contribution in [2.24, 2.45) is 0 Å². The largest absolute Gasteiger partial charge is 0.374 e. The summed E-state index contributed by atoms with van der Waals surface area (Å²) in [6.07, 6.45) is 1.03. The molecule has 0 bridgehead atoms. The molecular formula is C15H21NO5. The average Bonchev–Trinajstić information content (AvgIpc) is 2.75. The van der Waals surface area contributed by atoms with Gasteiger partial charge in [0.2, 0.25) is 0 Å². The van der Waals surface area contributed by atoms with Crippen molar-refractivity contribution in [2.75, 3.05) is 13.2 Å². The van der Waals surface area contributed by atoms with Crippen LogP contribution in [0.2, 0.25) is 0 Å². The van der Waals surface area contributed by atoms with Crippen molar-refractivity contribution < 1.29 is 24.2 Å². The summed E-state index contributed by atoms with van der Waals surface area (Å²) in [5.41, 5.74) is -2.05. The highest BCUT2D eigenvalue weighted by molar-refractivity contribution is 6.08. The van der Waals surface area contributed by atoms with Crippen molar-refractivity contribution >= 4 is 11.7 Å². The second-order valence-corrected chi connectivity index (χ2v) is 5.86. The Labute approximate surface area is 124 Å². The van der Waals surface area contributed by atoms with Crippen LogP contribution >= 0.6 is 0 Å². The Hall–Kier alpha value is -1.50. The molecule has 2 fully saturated rings. The first-order chi connectivity index (χ1) is 9.65. The van der Waals surface area contributed by atoms with E-state index in [1.165, 1.54) is 11.8 Å². The highest BCUT2D eigenvalue weighted by Crippen LogP contribution is 2.42. The topological polar surface area (TPSA) is 76.1 Å². The Kier molecular flexibility index (Phi) is 3.82. The zero-order valence-electron chi connectivity index (χ0n) is 12.6. The monoisotopic (exact) mass is 295 g/mol. The van der Waals surface area contributed by atoms with Gasteiger partial charge in [-0.15, -0.1) is 6.58 Å². The molecule has 116 valence electrons. The molecule has 2 saturated heterocycles. The zero-order valence-corrected chi connectivity index (χ0v) is 12.6. The third-order valence-electron chi connectivity index (χ3n) is 3.94. The maximum absolute atomic E-state index is 12.3. The molecule has 2 rings (SSSR count). The highest BCUT2D eigenvalue weighted by Gasteiger charge is 2.66. The van der Waals surface area contributed by atoms with Gasteiger partial charge in [-0.25, -0.2) is 0 Å². The molecule has 2 aliphatic rings. The van der Waals surface area contributed by atoms with Gasteiger partial charge in [-0.1, -0.05) is 12.7 Å². The molecule has 3 atom stereocenters. The Morgan fingerprint density at radius 2 is 2.19 bits per heavy atom. The van der Waals surface area contributed by atoms with Gasteiger partial charge in [0.15, 0.2) is 17.2 Å². The molecule has 2 aliphatic heterocycles. The lowest BCUT2D eigenvalue weighted by Crippen LogP contribution is -2.78. The summed E-state index contributed by atoms with van der Waals surface area (Å²) in [5, 5.41) is 10.7. The molecular weight excluding hydrogens is 274 g/mol. The fourth-order valence-corrected chi connectivity index (χ4v) is 2.88. The number of amides is 1.